The van der Waals surface area contributed by atoms with E-state index in [1.807, 2.05) is 27.7 Å². The molecule has 2 aliphatic rings. The fourth-order valence-corrected chi connectivity index (χ4v) is 3.44. The minimum atomic E-state index is -1.29. The van der Waals surface area contributed by atoms with Crippen molar-refractivity contribution in [3.05, 3.63) is 0 Å². The molecule has 1 unspecified atom stereocenters. The highest BCUT2D eigenvalue weighted by Gasteiger charge is 2.56. The average molecular weight is 277 g/mol. The molecule has 0 spiro atoms. The van der Waals surface area contributed by atoms with Gasteiger partial charge in [0.15, 0.2) is 23.9 Å². The van der Waals surface area contributed by atoms with E-state index in [1.54, 1.807) is 7.11 Å². The Morgan fingerprint density at radius 2 is 2.00 bits per heavy atom. The minimum Gasteiger partial charge on any atom is -0.376 e. The predicted molar refractivity (Wildman–Crippen MR) is 67.1 cm³/mol. The maximum atomic E-state index is 11.9. The zero-order valence-corrected chi connectivity index (χ0v) is 12.5. The Kier molecular flexibility index (Phi) is 4.10. The molecule has 0 aromatic rings. The maximum absolute atomic E-state index is 11.9. The second-order valence-corrected chi connectivity index (χ2v) is 7.77. The third kappa shape index (κ3) is 2.75. The van der Waals surface area contributed by atoms with Crippen LogP contribution in [0.25, 0.3) is 0 Å². The largest absolute Gasteiger partial charge is 0.376 e. The molecule has 104 valence electrons. The van der Waals surface area contributed by atoms with Gasteiger partial charge in [0.05, 0.1) is 0 Å². The van der Waals surface area contributed by atoms with Crippen molar-refractivity contribution < 1.29 is 23.5 Å². The normalized spacial score (nSPS) is 39.1. The topological polar surface area (TPSA) is 54.0 Å². The fraction of sp³-hybridized carbons (Fsp3) is 1.00. The summed E-state index contributed by atoms with van der Waals surface area (Å²) in [7, 11) is 0.334. The molecule has 5 nitrogen and oxygen atoms in total. The van der Waals surface area contributed by atoms with Crippen LogP contribution in [0.5, 0.6) is 0 Å². The zero-order valence-electron chi connectivity index (χ0n) is 11.6. The van der Waals surface area contributed by atoms with Crippen molar-refractivity contribution in [2.75, 3.05) is 13.3 Å². The highest BCUT2D eigenvalue weighted by Crippen LogP contribution is 2.41. The van der Waals surface area contributed by atoms with Crippen LogP contribution in [0.2, 0.25) is 0 Å². The Morgan fingerprint density at radius 3 is 2.56 bits per heavy atom. The van der Waals surface area contributed by atoms with Crippen LogP contribution in [0.15, 0.2) is 0 Å². The molecule has 2 rings (SSSR count). The number of ether oxygens (including phenoxy) is 4. The van der Waals surface area contributed by atoms with Crippen LogP contribution >= 0.6 is 7.80 Å². The molecule has 2 saturated heterocycles. The van der Waals surface area contributed by atoms with E-state index < -0.39 is 19.9 Å². The molecule has 0 aromatic heterocycles. The minimum absolute atomic E-state index is 0.153. The smallest absolute Gasteiger partial charge is 0.344 e. The SMILES string of the molecule is CO[C@H]1[C@@H]2OC(C)(C)O[C@@H]2O[C@@H]1C[P+](=O)C(C)C. The summed E-state index contributed by atoms with van der Waals surface area (Å²) in [5.41, 5.74) is 0.153. The first-order chi connectivity index (χ1) is 8.34. The first-order valence-corrected chi connectivity index (χ1v) is 7.83. The average Bonchev–Trinajstić information content (AvgIpc) is 2.68. The van der Waals surface area contributed by atoms with E-state index >= 15 is 0 Å². The van der Waals surface area contributed by atoms with Gasteiger partial charge >= 0.3 is 7.80 Å². The van der Waals surface area contributed by atoms with Crippen molar-refractivity contribution >= 4 is 7.80 Å². The van der Waals surface area contributed by atoms with Gasteiger partial charge in [-0.2, -0.15) is 0 Å². The summed E-state index contributed by atoms with van der Waals surface area (Å²) in [5.74, 6) is -0.642. The number of fused-ring (bicyclic) bond motifs is 1. The van der Waals surface area contributed by atoms with E-state index in [9.17, 15) is 4.57 Å². The van der Waals surface area contributed by atoms with Gasteiger partial charge in [-0.3, -0.25) is 0 Å². The molecule has 0 radical (unpaired) electrons. The van der Waals surface area contributed by atoms with Crippen LogP contribution < -0.4 is 0 Å². The van der Waals surface area contributed by atoms with E-state index in [-0.39, 0.29) is 24.0 Å². The van der Waals surface area contributed by atoms with Crippen molar-refractivity contribution in [2.24, 2.45) is 0 Å². The predicted octanol–water partition coefficient (Wildman–Crippen LogP) is 2.11. The first-order valence-electron chi connectivity index (χ1n) is 6.31. The zero-order chi connectivity index (χ0) is 13.5. The van der Waals surface area contributed by atoms with Gasteiger partial charge in [-0.1, -0.05) is 4.57 Å². The van der Waals surface area contributed by atoms with Crippen LogP contribution in [0.3, 0.4) is 0 Å². The Hall–Kier alpha value is -0.0600. The van der Waals surface area contributed by atoms with Gasteiger partial charge in [0.25, 0.3) is 0 Å². The van der Waals surface area contributed by atoms with Crippen LogP contribution in [0, 0.1) is 0 Å². The first kappa shape index (κ1) is 14.4. The molecule has 0 aromatic carbocycles. The van der Waals surface area contributed by atoms with E-state index in [1.165, 1.54) is 0 Å². The van der Waals surface area contributed by atoms with E-state index in [0.717, 1.165) is 0 Å². The fourth-order valence-electron chi connectivity index (χ4n) is 2.37. The number of hydrogen-bond donors (Lipinski definition) is 0. The molecule has 6 heteroatoms. The second-order valence-electron chi connectivity index (χ2n) is 5.54. The van der Waals surface area contributed by atoms with Gasteiger partial charge in [0, 0.05) is 7.11 Å². The molecular formula is C12H22O5P+. The molecule has 0 bridgehead atoms. The van der Waals surface area contributed by atoms with Crippen LogP contribution in [0.4, 0.5) is 0 Å². The molecule has 2 fully saturated rings. The Labute approximate surface area is 109 Å². The lowest BCUT2D eigenvalue weighted by Gasteiger charge is -2.23. The molecule has 0 saturated carbocycles. The summed E-state index contributed by atoms with van der Waals surface area (Å²) in [6.07, 6.45) is -0.580. The van der Waals surface area contributed by atoms with Crippen molar-refractivity contribution in [1.82, 2.24) is 0 Å². The maximum Gasteiger partial charge on any atom is 0.344 e. The van der Waals surface area contributed by atoms with Gasteiger partial charge in [0.1, 0.15) is 18.3 Å². The summed E-state index contributed by atoms with van der Waals surface area (Å²) < 4.78 is 34.6. The lowest BCUT2D eigenvalue weighted by atomic mass is 10.1. The van der Waals surface area contributed by atoms with Gasteiger partial charge in [-0.05, 0) is 27.7 Å². The molecule has 0 N–H and O–H groups in total. The molecule has 18 heavy (non-hydrogen) atoms. The van der Waals surface area contributed by atoms with Gasteiger partial charge in [-0.15, -0.1) is 0 Å². The third-order valence-electron chi connectivity index (χ3n) is 3.30. The third-order valence-corrected chi connectivity index (χ3v) is 5.17. The highest BCUT2D eigenvalue weighted by atomic mass is 31.1. The molecule has 5 atom stereocenters. The molecule has 0 aliphatic carbocycles. The monoisotopic (exact) mass is 277 g/mol. The number of rotatable bonds is 4. The lowest BCUT2D eigenvalue weighted by Crippen LogP contribution is -2.37. The van der Waals surface area contributed by atoms with E-state index in [4.69, 9.17) is 18.9 Å². The molecule has 2 aliphatic heterocycles. The van der Waals surface area contributed by atoms with E-state index in [0.29, 0.717) is 6.16 Å². The van der Waals surface area contributed by atoms with Crippen molar-refractivity contribution in [1.29, 1.82) is 0 Å². The highest BCUT2D eigenvalue weighted by molar-refractivity contribution is 7.45. The molecule has 2 heterocycles. The Balaban J connectivity index is 2.02. The van der Waals surface area contributed by atoms with Crippen molar-refractivity contribution in [2.45, 2.75) is 63.7 Å². The van der Waals surface area contributed by atoms with Crippen LogP contribution in [0.1, 0.15) is 27.7 Å². The van der Waals surface area contributed by atoms with Crippen molar-refractivity contribution in [3.8, 4) is 0 Å². The Bertz CT molecular complexity index is 330. The molecule has 0 amide bonds. The van der Waals surface area contributed by atoms with E-state index in [2.05, 4.69) is 0 Å². The quantitative estimate of drug-likeness (QED) is 0.737. The summed E-state index contributed by atoms with van der Waals surface area (Å²) >= 11 is 0. The van der Waals surface area contributed by atoms with Gasteiger partial charge < -0.3 is 18.9 Å². The molecular weight excluding hydrogens is 255 g/mol. The summed E-state index contributed by atoms with van der Waals surface area (Å²) in [5, 5.41) is 0. The van der Waals surface area contributed by atoms with Gasteiger partial charge in [-0.25, -0.2) is 0 Å². The second kappa shape index (κ2) is 5.14. The Morgan fingerprint density at radius 1 is 1.33 bits per heavy atom. The number of methoxy groups -OCH3 is 1. The summed E-state index contributed by atoms with van der Waals surface area (Å²) in [6, 6.07) is 0. The standard InChI is InChI=1S/C12H22O5P/c1-7(2)18(13)6-8-9(14-5)10-11(15-8)17-12(3,4)16-10/h7-11H,6H2,1-5H3/q+1/t8-,9-,10+,11+/m1/s1. The lowest BCUT2D eigenvalue weighted by molar-refractivity contribution is -0.213. The van der Waals surface area contributed by atoms with Gasteiger partial charge in [0.2, 0.25) is 0 Å². The summed E-state index contributed by atoms with van der Waals surface area (Å²) in [6.45, 7) is 7.61. The number of hydrogen-bond acceptors (Lipinski definition) is 5. The van der Waals surface area contributed by atoms with Crippen LogP contribution in [-0.2, 0) is 23.5 Å². The summed E-state index contributed by atoms with van der Waals surface area (Å²) in [4.78, 5) is 0. The van der Waals surface area contributed by atoms with Crippen molar-refractivity contribution in [3.63, 3.8) is 0 Å². The van der Waals surface area contributed by atoms with Crippen LogP contribution in [-0.4, -0.2) is 49.3 Å².